The Balaban J connectivity index is 2.70. The summed E-state index contributed by atoms with van der Waals surface area (Å²) in [6.07, 6.45) is 3.35. The zero-order chi connectivity index (χ0) is 15.7. The summed E-state index contributed by atoms with van der Waals surface area (Å²) in [7, 11) is -3.57. The third-order valence-corrected chi connectivity index (χ3v) is 4.46. The van der Waals surface area contributed by atoms with E-state index in [0.29, 0.717) is 12.1 Å². The van der Waals surface area contributed by atoms with Gasteiger partial charge in [0.15, 0.2) is 0 Å². The van der Waals surface area contributed by atoms with Gasteiger partial charge in [0, 0.05) is 24.9 Å². The van der Waals surface area contributed by atoms with Gasteiger partial charge in [-0.15, -0.1) is 6.58 Å². The van der Waals surface area contributed by atoms with E-state index >= 15 is 0 Å². The quantitative estimate of drug-likeness (QED) is 0.502. The molecule has 0 bridgehead atoms. The van der Waals surface area contributed by atoms with Crippen molar-refractivity contribution in [2.75, 3.05) is 25.4 Å². The van der Waals surface area contributed by atoms with Crippen LogP contribution in [0.1, 0.15) is 12.6 Å². The molecule has 0 aliphatic rings. The van der Waals surface area contributed by atoms with E-state index < -0.39 is 16.0 Å². The monoisotopic (exact) mass is 312 g/mol. The first-order chi connectivity index (χ1) is 9.99. The summed E-state index contributed by atoms with van der Waals surface area (Å²) in [5.41, 5.74) is 0.691. The van der Waals surface area contributed by atoms with Crippen LogP contribution in [0, 0.1) is 0 Å². The zero-order valence-electron chi connectivity index (χ0n) is 12.1. The van der Waals surface area contributed by atoms with Gasteiger partial charge in [-0.1, -0.05) is 12.1 Å². The summed E-state index contributed by atoms with van der Waals surface area (Å²) in [6.45, 7) is 5.18. The van der Waals surface area contributed by atoms with E-state index in [1.165, 1.54) is 6.08 Å². The summed E-state index contributed by atoms with van der Waals surface area (Å²) in [4.78, 5) is 15.6. The molecule has 0 aliphatic carbocycles. The maximum atomic E-state index is 12.3. The summed E-state index contributed by atoms with van der Waals surface area (Å²) < 4.78 is 30.4. The van der Waals surface area contributed by atoms with E-state index in [0.717, 1.165) is 4.31 Å². The number of nitrogens with zero attached hydrogens (tertiary/aromatic N) is 2. The molecule has 7 heteroatoms. The third kappa shape index (κ3) is 6.05. The predicted octanol–water partition coefficient (Wildman–Crippen LogP) is 1.00. The van der Waals surface area contributed by atoms with Crippen LogP contribution in [0.25, 0.3) is 0 Å². The lowest BCUT2D eigenvalue weighted by molar-refractivity contribution is -0.143. The van der Waals surface area contributed by atoms with E-state index in [1.807, 2.05) is 0 Å². The average molecular weight is 312 g/mol. The number of carbonyl (C=O) groups is 1. The number of ether oxygens (including phenoxy) is 1. The van der Waals surface area contributed by atoms with Gasteiger partial charge in [0.25, 0.3) is 0 Å². The highest BCUT2D eigenvalue weighted by Gasteiger charge is 2.24. The minimum absolute atomic E-state index is 0.0728. The summed E-state index contributed by atoms with van der Waals surface area (Å²) in [6, 6.07) is 5.33. The molecule has 0 N–H and O–H groups in total. The van der Waals surface area contributed by atoms with Gasteiger partial charge in [0.1, 0.15) is 6.54 Å². The largest absolute Gasteiger partial charge is 0.465 e. The number of carbonyl (C=O) groups excluding carboxylic acids is 1. The molecule has 1 heterocycles. The van der Waals surface area contributed by atoms with Crippen molar-refractivity contribution in [3.05, 3.63) is 42.7 Å². The Kier molecular flexibility index (Phi) is 7.04. The predicted molar refractivity (Wildman–Crippen MR) is 80.1 cm³/mol. The second kappa shape index (κ2) is 8.53. The van der Waals surface area contributed by atoms with Crippen molar-refractivity contribution < 1.29 is 17.9 Å². The van der Waals surface area contributed by atoms with Gasteiger partial charge in [0.05, 0.1) is 12.4 Å². The fraction of sp³-hybridized carbons (Fsp3) is 0.429. The van der Waals surface area contributed by atoms with E-state index in [9.17, 15) is 13.2 Å². The van der Waals surface area contributed by atoms with Crippen LogP contribution in [-0.2, 0) is 26.0 Å². The molecular formula is C14H20N2O4S. The van der Waals surface area contributed by atoms with Crippen molar-refractivity contribution in [3.8, 4) is 0 Å². The summed E-state index contributed by atoms with van der Waals surface area (Å²) >= 11 is 0. The molecule has 6 nitrogen and oxygen atoms in total. The van der Waals surface area contributed by atoms with E-state index in [4.69, 9.17) is 4.74 Å². The number of esters is 1. The Bertz CT molecular complexity index is 558. The minimum Gasteiger partial charge on any atom is -0.465 e. The summed E-state index contributed by atoms with van der Waals surface area (Å²) in [5.74, 6) is -0.683. The van der Waals surface area contributed by atoms with Crippen molar-refractivity contribution in [2.45, 2.75) is 13.3 Å². The van der Waals surface area contributed by atoms with Gasteiger partial charge in [-0.25, -0.2) is 8.42 Å². The highest BCUT2D eigenvalue weighted by molar-refractivity contribution is 7.89. The van der Waals surface area contributed by atoms with Crippen LogP contribution in [0.3, 0.4) is 0 Å². The molecule has 0 atom stereocenters. The Hall–Kier alpha value is -1.73. The highest BCUT2D eigenvalue weighted by Crippen LogP contribution is 2.06. The molecule has 116 valence electrons. The maximum absolute atomic E-state index is 12.3. The number of rotatable bonds is 9. The molecule has 0 aliphatic heterocycles. The lowest BCUT2D eigenvalue weighted by Crippen LogP contribution is -2.38. The zero-order valence-corrected chi connectivity index (χ0v) is 12.9. The smallest absolute Gasteiger partial charge is 0.321 e. The van der Waals surface area contributed by atoms with Crippen LogP contribution in [0.5, 0.6) is 0 Å². The fourth-order valence-electron chi connectivity index (χ4n) is 1.68. The van der Waals surface area contributed by atoms with E-state index in [1.54, 1.807) is 31.3 Å². The topological polar surface area (TPSA) is 76.6 Å². The molecule has 21 heavy (non-hydrogen) atoms. The molecule has 0 amide bonds. The SMILES string of the molecule is C=CCN(CC(=O)OCC)S(=O)(=O)CCc1ccccn1. The van der Waals surface area contributed by atoms with Crippen molar-refractivity contribution >= 4 is 16.0 Å². The molecule has 0 fully saturated rings. The number of sulfonamides is 1. The van der Waals surface area contributed by atoms with Gasteiger partial charge < -0.3 is 4.74 Å². The molecule has 1 aromatic heterocycles. The molecule has 0 radical (unpaired) electrons. The van der Waals surface area contributed by atoms with Crippen molar-refractivity contribution in [1.29, 1.82) is 0 Å². The van der Waals surface area contributed by atoms with Gasteiger partial charge >= 0.3 is 5.97 Å². The van der Waals surface area contributed by atoms with Crippen LogP contribution in [0.4, 0.5) is 0 Å². The van der Waals surface area contributed by atoms with Gasteiger partial charge in [0.2, 0.25) is 10.0 Å². The van der Waals surface area contributed by atoms with Crippen molar-refractivity contribution in [1.82, 2.24) is 9.29 Å². The molecule has 1 aromatic rings. The lowest BCUT2D eigenvalue weighted by atomic mass is 10.3. The maximum Gasteiger partial charge on any atom is 0.321 e. The van der Waals surface area contributed by atoms with Gasteiger partial charge in [-0.2, -0.15) is 4.31 Å². The average Bonchev–Trinajstić information content (AvgIpc) is 2.46. The van der Waals surface area contributed by atoms with Gasteiger partial charge in [-0.3, -0.25) is 9.78 Å². The Morgan fingerprint density at radius 3 is 2.81 bits per heavy atom. The molecule has 0 spiro atoms. The number of hydrogen-bond acceptors (Lipinski definition) is 5. The number of aromatic nitrogens is 1. The molecule has 0 unspecified atom stereocenters. The Labute approximate surface area is 125 Å². The normalized spacial score (nSPS) is 11.3. The number of hydrogen-bond donors (Lipinski definition) is 0. The standard InChI is InChI=1S/C14H20N2O4S/c1-3-10-16(12-14(17)20-4-2)21(18,19)11-8-13-7-5-6-9-15-13/h3,5-7,9H,1,4,8,10-12H2,2H3. The summed E-state index contributed by atoms with van der Waals surface area (Å²) in [5, 5.41) is 0. The van der Waals surface area contributed by atoms with Crippen LogP contribution < -0.4 is 0 Å². The molecule has 0 aromatic carbocycles. The fourth-order valence-corrected chi connectivity index (χ4v) is 3.04. The van der Waals surface area contributed by atoms with Crippen molar-refractivity contribution in [3.63, 3.8) is 0 Å². The lowest BCUT2D eigenvalue weighted by Gasteiger charge is -2.19. The molecular weight excluding hydrogens is 292 g/mol. The third-order valence-electron chi connectivity index (χ3n) is 2.68. The van der Waals surface area contributed by atoms with E-state index in [-0.39, 0.29) is 25.4 Å². The van der Waals surface area contributed by atoms with Crippen LogP contribution in [-0.4, -0.2) is 49.1 Å². The first kappa shape index (κ1) is 17.3. The first-order valence-electron chi connectivity index (χ1n) is 6.64. The number of pyridine rings is 1. The van der Waals surface area contributed by atoms with Crippen LogP contribution in [0.15, 0.2) is 37.1 Å². The van der Waals surface area contributed by atoms with Crippen LogP contribution >= 0.6 is 0 Å². The first-order valence-corrected chi connectivity index (χ1v) is 8.24. The number of aryl methyl sites for hydroxylation is 1. The molecule has 0 saturated heterocycles. The Morgan fingerprint density at radius 2 is 2.24 bits per heavy atom. The van der Waals surface area contributed by atoms with Crippen molar-refractivity contribution in [2.24, 2.45) is 0 Å². The second-order valence-corrected chi connectivity index (χ2v) is 6.36. The Morgan fingerprint density at radius 1 is 1.48 bits per heavy atom. The van der Waals surface area contributed by atoms with Gasteiger partial charge in [-0.05, 0) is 19.1 Å². The van der Waals surface area contributed by atoms with Crippen LogP contribution in [0.2, 0.25) is 0 Å². The van der Waals surface area contributed by atoms with E-state index in [2.05, 4.69) is 11.6 Å². The minimum atomic E-state index is -3.57. The molecule has 0 saturated carbocycles. The highest BCUT2D eigenvalue weighted by atomic mass is 32.2. The molecule has 1 rings (SSSR count). The second-order valence-electron chi connectivity index (χ2n) is 4.27.